The van der Waals surface area contributed by atoms with E-state index in [4.69, 9.17) is 14.8 Å². The molecule has 0 aliphatic carbocycles. The summed E-state index contributed by atoms with van der Waals surface area (Å²) in [4.78, 5) is 7.00. The molecule has 1 aliphatic rings. The number of nitrogens with one attached hydrogen (secondary N) is 1. The third-order valence-corrected chi connectivity index (χ3v) is 5.01. The summed E-state index contributed by atoms with van der Waals surface area (Å²) in [6.07, 6.45) is 1.78. The molecule has 2 aromatic heterocycles. The van der Waals surface area contributed by atoms with Crippen molar-refractivity contribution >= 4 is 23.5 Å². The van der Waals surface area contributed by atoms with Crippen molar-refractivity contribution in [3.63, 3.8) is 0 Å². The molecule has 0 radical (unpaired) electrons. The highest BCUT2D eigenvalue weighted by molar-refractivity contribution is 5.80. The van der Waals surface area contributed by atoms with Crippen molar-refractivity contribution in [2.75, 3.05) is 36.6 Å². The summed E-state index contributed by atoms with van der Waals surface area (Å²) in [6, 6.07) is 24.1. The van der Waals surface area contributed by atoms with E-state index in [1.807, 2.05) is 65.2 Å². The number of hydrogen-bond donors (Lipinski definition) is 1. The van der Waals surface area contributed by atoms with Gasteiger partial charge in [0.05, 0.1) is 25.1 Å². The zero-order valence-corrected chi connectivity index (χ0v) is 16.5. The molecule has 7 heteroatoms. The summed E-state index contributed by atoms with van der Waals surface area (Å²) in [5, 5.41) is 9.19. The van der Waals surface area contributed by atoms with Gasteiger partial charge in [0.2, 0.25) is 0 Å². The molecular weight excluding hydrogens is 376 g/mol. The predicted molar refractivity (Wildman–Crippen MR) is 119 cm³/mol. The molecule has 3 heterocycles. The van der Waals surface area contributed by atoms with Crippen molar-refractivity contribution in [2.24, 2.45) is 5.10 Å². The van der Waals surface area contributed by atoms with Crippen LogP contribution in [0.2, 0.25) is 0 Å². The molecule has 30 heavy (non-hydrogen) atoms. The van der Waals surface area contributed by atoms with Gasteiger partial charge >= 0.3 is 0 Å². The van der Waals surface area contributed by atoms with Gasteiger partial charge in [-0.3, -0.25) is 5.43 Å². The number of ether oxygens (including phenoxy) is 1. The monoisotopic (exact) mass is 398 g/mol. The summed E-state index contributed by atoms with van der Waals surface area (Å²) in [5.41, 5.74) is 6.82. The van der Waals surface area contributed by atoms with Gasteiger partial charge in [-0.15, -0.1) is 0 Å². The quantitative estimate of drug-likeness (QED) is 0.410. The molecule has 0 spiro atoms. The van der Waals surface area contributed by atoms with E-state index in [9.17, 15) is 0 Å². The van der Waals surface area contributed by atoms with Crippen LogP contribution < -0.4 is 10.3 Å². The van der Waals surface area contributed by atoms with E-state index in [2.05, 4.69) is 27.6 Å². The Labute approximate surface area is 174 Å². The highest BCUT2D eigenvalue weighted by atomic mass is 16.5. The number of hydrazone groups is 1. The second kappa shape index (κ2) is 8.34. The first kappa shape index (κ1) is 18.3. The Balaban J connectivity index is 1.52. The van der Waals surface area contributed by atoms with Gasteiger partial charge in [0.25, 0.3) is 0 Å². The normalized spacial score (nSPS) is 14.5. The van der Waals surface area contributed by atoms with Gasteiger partial charge in [0.1, 0.15) is 5.82 Å². The standard InChI is InChI=1S/C23H22N6O/c1-3-7-18(8-4-1)17-24-26-21-16-23(28-11-13-30-14-12-28)29-22(25-21)15-20(27-29)19-9-5-2-6-10-19/h1-10,15-17H,11-14H2,(H,25,26)/b24-17+. The zero-order valence-electron chi connectivity index (χ0n) is 16.5. The molecule has 5 rings (SSSR count). The van der Waals surface area contributed by atoms with Crippen LogP contribution in [-0.4, -0.2) is 47.1 Å². The number of fused-ring (bicyclic) bond motifs is 1. The highest BCUT2D eigenvalue weighted by Crippen LogP contribution is 2.25. The molecule has 1 fully saturated rings. The number of anilines is 2. The Hall–Kier alpha value is -3.71. The lowest BCUT2D eigenvalue weighted by molar-refractivity contribution is 0.122. The second-order valence-electron chi connectivity index (χ2n) is 7.05. The number of aromatic nitrogens is 3. The third-order valence-electron chi connectivity index (χ3n) is 5.01. The summed E-state index contributed by atoms with van der Waals surface area (Å²) >= 11 is 0. The van der Waals surface area contributed by atoms with E-state index in [0.717, 1.165) is 41.4 Å². The van der Waals surface area contributed by atoms with Crippen LogP contribution in [0.1, 0.15) is 5.56 Å². The van der Waals surface area contributed by atoms with E-state index >= 15 is 0 Å². The van der Waals surface area contributed by atoms with Gasteiger partial charge in [0.15, 0.2) is 11.5 Å². The number of nitrogens with zero attached hydrogens (tertiary/aromatic N) is 5. The van der Waals surface area contributed by atoms with Gasteiger partial charge in [-0.1, -0.05) is 60.7 Å². The predicted octanol–water partition coefficient (Wildman–Crippen LogP) is 3.68. The van der Waals surface area contributed by atoms with Crippen LogP contribution in [0.4, 0.5) is 11.6 Å². The smallest absolute Gasteiger partial charge is 0.160 e. The fourth-order valence-electron chi connectivity index (χ4n) is 3.50. The van der Waals surface area contributed by atoms with E-state index < -0.39 is 0 Å². The summed E-state index contributed by atoms with van der Waals surface area (Å²) in [7, 11) is 0. The van der Waals surface area contributed by atoms with Crippen molar-refractivity contribution < 1.29 is 4.74 Å². The molecule has 150 valence electrons. The summed E-state index contributed by atoms with van der Waals surface area (Å²) < 4.78 is 7.43. The molecule has 0 saturated carbocycles. The molecule has 1 N–H and O–H groups in total. The Morgan fingerprint density at radius 1 is 0.933 bits per heavy atom. The first-order chi connectivity index (χ1) is 14.9. The van der Waals surface area contributed by atoms with Crippen LogP contribution in [0.3, 0.4) is 0 Å². The molecular formula is C23H22N6O. The lowest BCUT2D eigenvalue weighted by atomic mass is 10.2. The maximum atomic E-state index is 5.53. The van der Waals surface area contributed by atoms with Crippen molar-refractivity contribution in [3.8, 4) is 11.3 Å². The molecule has 2 aromatic carbocycles. The highest BCUT2D eigenvalue weighted by Gasteiger charge is 2.18. The second-order valence-corrected chi connectivity index (χ2v) is 7.05. The van der Waals surface area contributed by atoms with Gasteiger partial charge < -0.3 is 9.64 Å². The van der Waals surface area contributed by atoms with Gasteiger partial charge in [0, 0.05) is 30.8 Å². The Bertz CT molecular complexity index is 1150. The molecule has 1 aliphatic heterocycles. The molecule has 4 aromatic rings. The SMILES string of the molecule is C(=N\Nc1cc(N2CCOCC2)n2nc(-c3ccccc3)cc2n1)/c1ccccc1. The number of hydrogen-bond acceptors (Lipinski definition) is 6. The maximum absolute atomic E-state index is 5.53. The Morgan fingerprint density at radius 2 is 1.67 bits per heavy atom. The average molecular weight is 398 g/mol. The molecule has 7 nitrogen and oxygen atoms in total. The first-order valence-corrected chi connectivity index (χ1v) is 10.00. The van der Waals surface area contributed by atoms with Crippen LogP contribution in [0, 0.1) is 0 Å². The van der Waals surface area contributed by atoms with Crippen molar-refractivity contribution in [1.29, 1.82) is 0 Å². The van der Waals surface area contributed by atoms with Crippen molar-refractivity contribution in [1.82, 2.24) is 14.6 Å². The molecule has 0 atom stereocenters. The van der Waals surface area contributed by atoms with Crippen molar-refractivity contribution in [3.05, 3.63) is 78.4 Å². The lowest BCUT2D eigenvalue weighted by Gasteiger charge is -2.29. The largest absolute Gasteiger partial charge is 0.378 e. The third kappa shape index (κ3) is 3.88. The minimum atomic E-state index is 0.677. The Kier molecular flexibility index (Phi) is 5.10. The van der Waals surface area contributed by atoms with Gasteiger partial charge in [-0.2, -0.15) is 14.7 Å². The summed E-state index contributed by atoms with van der Waals surface area (Å²) in [6.45, 7) is 3.02. The molecule has 0 amide bonds. The average Bonchev–Trinajstić information content (AvgIpc) is 3.25. The molecule has 0 bridgehead atoms. The van der Waals surface area contributed by atoms with Gasteiger partial charge in [-0.05, 0) is 5.56 Å². The van der Waals surface area contributed by atoms with Crippen LogP contribution in [-0.2, 0) is 4.74 Å². The molecule has 0 unspecified atom stereocenters. The Morgan fingerprint density at radius 3 is 2.43 bits per heavy atom. The van der Waals surface area contributed by atoms with Crippen LogP contribution in [0.15, 0.2) is 77.9 Å². The topological polar surface area (TPSA) is 67.0 Å². The molecule has 1 saturated heterocycles. The van der Waals surface area contributed by atoms with Crippen LogP contribution in [0.5, 0.6) is 0 Å². The minimum Gasteiger partial charge on any atom is -0.378 e. The number of rotatable bonds is 5. The number of morpholine rings is 1. The number of benzene rings is 2. The lowest BCUT2D eigenvalue weighted by Crippen LogP contribution is -2.37. The van der Waals surface area contributed by atoms with Gasteiger partial charge in [-0.25, -0.2) is 4.98 Å². The van der Waals surface area contributed by atoms with Crippen molar-refractivity contribution in [2.45, 2.75) is 0 Å². The van der Waals surface area contributed by atoms with E-state index in [-0.39, 0.29) is 0 Å². The van der Waals surface area contributed by atoms with E-state index in [0.29, 0.717) is 19.0 Å². The maximum Gasteiger partial charge on any atom is 0.160 e. The zero-order chi connectivity index (χ0) is 20.2. The fourth-order valence-corrected chi connectivity index (χ4v) is 3.50. The first-order valence-electron chi connectivity index (χ1n) is 10.00. The summed E-state index contributed by atoms with van der Waals surface area (Å²) in [5.74, 6) is 1.65. The fraction of sp³-hybridized carbons (Fsp3) is 0.174. The van der Waals surface area contributed by atoms with Crippen LogP contribution >= 0.6 is 0 Å². The minimum absolute atomic E-state index is 0.677. The van der Waals surface area contributed by atoms with Crippen LogP contribution in [0.25, 0.3) is 16.9 Å². The van der Waals surface area contributed by atoms with E-state index in [1.165, 1.54) is 0 Å². The van der Waals surface area contributed by atoms with E-state index in [1.54, 1.807) is 6.21 Å².